The number of nitro groups is 1. The molecular weight excluding hydrogens is 282 g/mol. The van der Waals surface area contributed by atoms with Crippen LogP contribution in [0.4, 0.5) is 5.69 Å². The van der Waals surface area contributed by atoms with E-state index in [-0.39, 0.29) is 5.69 Å². The van der Waals surface area contributed by atoms with Crippen LogP contribution in [0.2, 0.25) is 0 Å². The largest absolute Gasteiger partial charge is 0.269 e. The van der Waals surface area contributed by atoms with E-state index < -0.39 is 4.92 Å². The summed E-state index contributed by atoms with van der Waals surface area (Å²) in [5, 5.41) is 15.1. The molecule has 0 heterocycles. The Hall–Kier alpha value is -2.76. The molecule has 0 saturated carbocycles. The fourth-order valence-electron chi connectivity index (χ4n) is 2.14. The minimum absolute atomic E-state index is 0.0678. The van der Waals surface area contributed by atoms with E-state index in [9.17, 15) is 15.0 Å². The number of rotatable bonds is 8. The van der Waals surface area contributed by atoms with Crippen LogP contribution in [-0.4, -0.2) is 23.0 Å². The molecule has 0 aliphatic heterocycles. The second kappa shape index (κ2) is 7.87. The van der Waals surface area contributed by atoms with Crippen molar-refractivity contribution in [3.63, 3.8) is 0 Å². The molecule has 2 aromatic carbocycles. The highest BCUT2D eigenvalue weighted by Crippen LogP contribution is 2.12. The predicted molar refractivity (Wildman–Crippen MR) is 84.3 cm³/mol. The van der Waals surface area contributed by atoms with Gasteiger partial charge in [-0.25, -0.2) is 0 Å². The van der Waals surface area contributed by atoms with E-state index in [1.165, 1.54) is 17.1 Å². The average Bonchev–Trinajstić information content (AvgIpc) is 2.56. The number of non-ortho nitro benzene ring substituents is 1. The van der Waals surface area contributed by atoms with Crippen molar-refractivity contribution in [2.45, 2.75) is 12.8 Å². The number of hydrogen-bond donors (Lipinski definition) is 0. The molecule has 0 unspecified atom stereocenters. The molecule has 0 aliphatic carbocycles. The maximum Gasteiger partial charge on any atom is 0.269 e. The Balaban J connectivity index is 1.83. The van der Waals surface area contributed by atoms with Gasteiger partial charge in [-0.1, -0.05) is 42.5 Å². The summed E-state index contributed by atoms with van der Waals surface area (Å²) in [7, 11) is 0. The second-order valence-corrected chi connectivity index (χ2v) is 4.94. The number of nitroso groups, excluding NO2 is 1. The summed E-state index contributed by atoms with van der Waals surface area (Å²) in [5.41, 5.74) is 2.17. The van der Waals surface area contributed by atoms with Crippen LogP contribution in [-0.2, 0) is 12.8 Å². The first-order valence-corrected chi connectivity index (χ1v) is 7.04. The Kier molecular flexibility index (Phi) is 5.59. The maximum atomic E-state index is 10.9. The summed E-state index contributed by atoms with van der Waals surface area (Å²) in [6.07, 6.45) is 1.38. The van der Waals surface area contributed by atoms with Crippen LogP contribution in [0, 0.1) is 15.0 Å². The third-order valence-corrected chi connectivity index (χ3v) is 3.42. The van der Waals surface area contributed by atoms with E-state index in [0.29, 0.717) is 19.5 Å². The molecule has 2 aromatic rings. The van der Waals surface area contributed by atoms with Crippen LogP contribution < -0.4 is 0 Å². The van der Waals surface area contributed by atoms with Gasteiger partial charge >= 0.3 is 0 Å². The zero-order valence-corrected chi connectivity index (χ0v) is 12.1. The summed E-state index contributed by atoms with van der Waals surface area (Å²) < 4.78 is 0. The molecule has 2 rings (SSSR count). The topological polar surface area (TPSA) is 75.8 Å². The Bertz CT molecular complexity index is 614. The van der Waals surface area contributed by atoms with E-state index in [1.807, 2.05) is 30.3 Å². The first kappa shape index (κ1) is 15.6. The molecule has 0 aromatic heterocycles. The number of benzene rings is 2. The highest BCUT2D eigenvalue weighted by molar-refractivity contribution is 5.32. The van der Waals surface area contributed by atoms with Gasteiger partial charge in [0.25, 0.3) is 5.69 Å². The molecule has 0 bridgehead atoms. The van der Waals surface area contributed by atoms with Gasteiger partial charge in [0.2, 0.25) is 0 Å². The molecule has 0 amide bonds. The Labute approximate surface area is 128 Å². The lowest BCUT2D eigenvalue weighted by molar-refractivity contribution is -0.384. The number of nitrogens with zero attached hydrogens (tertiary/aromatic N) is 3. The monoisotopic (exact) mass is 299 g/mol. The second-order valence-electron chi connectivity index (χ2n) is 4.94. The van der Waals surface area contributed by atoms with Crippen LogP contribution >= 0.6 is 0 Å². The fraction of sp³-hybridized carbons (Fsp3) is 0.250. The van der Waals surface area contributed by atoms with Gasteiger partial charge in [-0.2, -0.15) is 0 Å². The maximum absolute atomic E-state index is 10.9. The lowest BCUT2D eigenvalue weighted by Crippen LogP contribution is -2.22. The first-order chi connectivity index (χ1) is 10.7. The molecular formula is C16H17N3O3. The van der Waals surface area contributed by atoms with Crippen LogP contribution in [0.1, 0.15) is 11.1 Å². The molecule has 6 heteroatoms. The van der Waals surface area contributed by atoms with Crippen LogP contribution in [0.25, 0.3) is 0 Å². The van der Waals surface area contributed by atoms with Crippen molar-refractivity contribution >= 4 is 5.69 Å². The molecule has 0 N–H and O–H groups in total. The van der Waals surface area contributed by atoms with E-state index in [0.717, 1.165) is 17.5 Å². The lowest BCUT2D eigenvalue weighted by Gasteiger charge is -2.15. The summed E-state index contributed by atoms with van der Waals surface area (Å²) in [4.78, 5) is 21.0. The summed E-state index contributed by atoms with van der Waals surface area (Å²) in [5.74, 6) is 0. The Morgan fingerprint density at radius 2 is 1.45 bits per heavy atom. The van der Waals surface area contributed by atoms with E-state index >= 15 is 0 Å². The van der Waals surface area contributed by atoms with Crippen molar-refractivity contribution < 1.29 is 4.92 Å². The zero-order chi connectivity index (χ0) is 15.8. The van der Waals surface area contributed by atoms with Crippen molar-refractivity contribution in [2.75, 3.05) is 13.1 Å². The highest BCUT2D eigenvalue weighted by Gasteiger charge is 2.07. The lowest BCUT2D eigenvalue weighted by atomic mass is 10.1. The average molecular weight is 299 g/mol. The quantitative estimate of drug-likeness (QED) is 0.425. The molecule has 0 saturated heterocycles. The van der Waals surface area contributed by atoms with Crippen molar-refractivity contribution in [1.82, 2.24) is 5.01 Å². The summed E-state index contributed by atoms with van der Waals surface area (Å²) in [6, 6.07) is 16.3. The minimum atomic E-state index is -0.428. The van der Waals surface area contributed by atoms with E-state index in [1.54, 1.807) is 12.1 Å². The molecule has 0 atom stereocenters. The molecule has 0 aliphatic rings. The third kappa shape index (κ3) is 4.66. The molecule has 0 radical (unpaired) electrons. The third-order valence-electron chi connectivity index (χ3n) is 3.42. The van der Waals surface area contributed by atoms with Crippen molar-refractivity contribution in [2.24, 2.45) is 5.29 Å². The predicted octanol–water partition coefficient (Wildman–Crippen LogP) is 3.36. The van der Waals surface area contributed by atoms with E-state index in [4.69, 9.17) is 0 Å². The van der Waals surface area contributed by atoms with Gasteiger partial charge in [0.15, 0.2) is 0 Å². The smallest absolute Gasteiger partial charge is 0.260 e. The SMILES string of the molecule is O=NN(CCc1ccccc1)CCc1ccc([N+](=O)[O-])cc1. The van der Waals surface area contributed by atoms with Crippen LogP contribution in [0.15, 0.2) is 59.9 Å². The summed E-state index contributed by atoms with van der Waals surface area (Å²) in [6.45, 7) is 1.05. The molecule has 114 valence electrons. The van der Waals surface area contributed by atoms with Crippen molar-refractivity contribution in [3.8, 4) is 0 Å². The van der Waals surface area contributed by atoms with Gasteiger partial charge in [-0.05, 0) is 24.0 Å². The van der Waals surface area contributed by atoms with Crippen molar-refractivity contribution in [1.29, 1.82) is 0 Å². The summed E-state index contributed by atoms with van der Waals surface area (Å²) >= 11 is 0. The molecule has 22 heavy (non-hydrogen) atoms. The van der Waals surface area contributed by atoms with Crippen molar-refractivity contribution in [3.05, 3.63) is 80.7 Å². The molecule has 0 spiro atoms. The van der Waals surface area contributed by atoms with Gasteiger partial charge in [0.1, 0.15) is 0 Å². The highest BCUT2D eigenvalue weighted by atomic mass is 16.6. The standard InChI is InChI=1S/C16H17N3O3/c20-17-18(12-10-14-4-2-1-3-5-14)13-11-15-6-8-16(9-7-15)19(21)22/h1-9H,10-13H2. The Morgan fingerprint density at radius 3 is 1.95 bits per heavy atom. The first-order valence-electron chi connectivity index (χ1n) is 7.04. The minimum Gasteiger partial charge on any atom is -0.260 e. The van der Waals surface area contributed by atoms with Crippen LogP contribution in [0.5, 0.6) is 0 Å². The van der Waals surface area contributed by atoms with Crippen LogP contribution in [0.3, 0.4) is 0 Å². The normalized spacial score (nSPS) is 10.2. The van der Waals surface area contributed by atoms with Gasteiger partial charge < -0.3 is 0 Å². The van der Waals surface area contributed by atoms with Gasteiger partial charge in [0.05, 0.1) is 10.2 Å². The zero-order valence-electron chi connectivity index (χ0n) is 12.1. The van der Waals surface area contributed by atoms with Gasteiger partial charge in [-0.3, -0.25) is 15.1 Å². The van der Waals surface area contributed by atoms with Gasteiger partial charge in [0, 0.05) is 25.2 Å². The van der Waals surface area contributed by atoms with E-state index in [2.05, 4.69) is 5.29 Å². The fourth-order valence-corrected chi connectivity index (χ4v) is 2.14. The Morgan fingerprint density at radius 1 is 0.909 bits per heavy atom. The number of nitro benzene ring substituents is 1. The number of hydrogen-bond acceptors (Lipinski definition) is 4. The molecule has 0 fully saturated rings. The molecule has 6 nitrogen and oxygen atoms in total. The van der Waals surface area contributed by atoms with Gasteiger partial charge in [-0.15, -0.1) is 4.91 Å².